The smallest absolute Gasteiger partial charge is 0.247 e. The van der Waals surface area contributed by atoms with Crippen LogP contribution in [0.3, 0.4) is 0 Å². The maximum atomic E-state index is 12.6. The lowest BCUT2D eigenvalue weighted by molar-refractivity contribution is -0.133. The number of carbonyl (C=O) groups is 3. The summed E-state index contributed by atoms with van der Waals surface area (Å²) in [6.07, 6.45) is 6.62. The van der Waals surface area contributed by atoms with E-state index in [1.165, 1.54) is 0 Å². The van der Waals surface area contributed by atoms with Gasteiger partial charge in [0, 0.05) is 43.6 Å². The molecule has 0 radical (unpaired) electrons. The van der Waals surface area contributed by atoms with Crippen molar-refractivity contribution in [1.29, 1.82) is 0 Å². The maximum absolute atomic E-state index is 12.6. The average molecular weight is 421 g/mol. The summed E-state index contributed by atoms with van der Waals surface area (Å²) in [7, 11) is 3.87. The monoisotopic (exact) mass is 420 g/mol. The molecule has 0 atom stereocenters. The first-order valence-electron chi connectivity index (χ1n) is 10.2. The van der Waals surface area contributed by atoms with Crippen LogP contribution in [0.4, 0.5) is 5.00 Å². The van der Waals surface area contributed by atoms with E-state index in [-0.39, 0.29) is 24.3 Å². The fourth-order valence-electron chi connectivity index (χ4n) is 2.96. The van der Waals surface area contributed by atoms with Crippen molar-refractivity contribution in [2.24, 2.45) is 0 Å². The van der Waals surface area contributed by atoms with E-state index in [1.807, 2.05) is 37.2 Å². The summed E-state index contributed by atoms with van der Waals surface area (Å²) in [4.78, 5) is 42.9. The van der Waals surface area contributed by atoms with Crippen LogP contribution in [0.5, 0.6) is 0 Å². The number of amides is 3. The second kappa shape index (κ2) is 11.7. The van der Waals surface area contributed by atoms with Crippen LogP contribution < -0.4 is 10.2 Å². The van der Waals surface area contributed by atoms with E-state index in [0.717, 1.165) is 29.1 Å². The molecular weight excluding hydrogens is 388 g/mol. The van der Waals surface area contributed by atoms with Crippen LogP contribution in [0.25, 0.3) is 0 Å². The van der Waals surface area contributed by atoms with Crippen molar-refractivity contribution in [3.8, 4) is 0 Å². The van der Waals surface area contributed by atoms with Gasteiger partial charge in [-0.1, -0.05) is 19.4 Å². The number of anilines is 1. The molecule has 1 fully saturated rings. The standard InChI is InChI=1S/C21H32N4O3S/c1-4-5-7-18(26)22-12-11-17-9-10-21(29-17)25-15-14-24(16-20(25)28)19(27)8-6-13-23(2)3/h6,8-10H,4-5,7,11-16H2,1-3H3,(H,22,26). The van der Waals surface area contributed by atoms with E-state index < -0.39 is 0 Å². The van der Waals surface area contributed by atoms with Gasteiger partial charge in [-0.05, 0) is 39.1 Å². The first-order valence-corrected chi connectivity index (χ1v) is 11.0. The molecule has 1 aliphatic rings. The van der Waals surface area contributed by atoms with Crippen LogP contribution in [0.2, 0.25) is 0 Å². The minimum atomic E-state index is -0.120. The van der Waals surface area contributed by atoms with Crippen molar-refractivity contribution < 1.29 is 14.4 Å². The molecule has 7 nitrogen and oxygen atoms in total. The Morgan fingerprint density at radius 1 is 1.28 bits per heavy atom. The molecule has 8 heteroatoms. The highest BCUT2D eigenvalue weighted by Gasteiger charge is 2.27. The Morgan fingerprint density at radius 3 is 2.76 bits per heavy atom. The lowest BCUT2D eigenvalue weighted by Gasteiger charge is -2.33. The molecule has 0 aromatic carbocycles. The molecule has 2 rings (SSSR count). The highest BCUT2D eigenvalue weighted by atomic mass is 32.1. The van der Waals surface area contributed by atoms with Gasteiger partial charge in [-0.25, -0.2) is 0 Å². The summed E-state index contributed by atoms with van der Waals surface area (Å²) in [6.45, 7) is 4.50. The van der Waals surface area contributed by atoms with Gasteiger partial charge in [-0.15, -0.1) is 11.3 Å². The zero-order valence-corrected chi connectivity index (χ0v) is 18.5. The third-order valence-electron chi connectivity index (χ3n) is 4.63. The van der Waals surface area contributed by atoms with Gasteiger partial charge in [0.25, 0.3) is 0 Å². The average Bonchev–Trinajstić information content (AvgIpc) is 3.14. The topological polar surface area (TPSA) is 73.0 Å². The Balaban J connectivity index is 1.81. The zero-order valence-electron chi connectivity index (χ0n) is 17.6. The van der Waals surface area contributed by atoms with Crippen molar-refractivity contribution in [1.82, 2.24) is 15.1 Å². The summed E-state index contributed by atoms with van der Waals surface area (Å²) in [5.74, 6) is -0.0864. The van der Waals surface area contributed by atoms with Gasteiger partial charge in [0.2, 0.25) is 17.7 Å². The number of unbranched alkanes of at least 4 members (excludes halogenated alkanes) is 1. The quantitative estimate of drug-likeness (QED) is 0.587. The molecule has 0 bridgehead atoms. The molecule has 1 aliphatic heterocycles. The molecule has 1 aromatic heterocycles. The van der Waals surface area contributed by atoms with Crippen LogP contribution in [0.15, 0.2) is 24.3 Å². The fourth-order valence-corrected chi connectivity index (χ4v) is 4.01. The Labute approximate surface area is 177 Å². The Bertz CT molecular complexity index is 729. The van der Waals surface area contributed by atoms with Crippen LogP contribution in [-0.2, 0) is 20.8 Å². The molecule has 2 heterocycles. The van der Waals surface area contributed by atoms with Gasteiger partial charge < -0.3 is 20.0 Å². The lowest BCUT2D eigenvalue weighted by atomic mass is 10.2. The number of thiophene rings is 1. The number of hydrogen-bond acceptors (Lipinski definition) is 5. The molecule has 0 aliphatic carbocycles. The first-order chi connectivity index (χ1) is 13.9. The molecule has 1 saturated heterocycles. The molecule has 29 heavy (non-hydrogen) atoms. The van der Waals surface area contributed by atoms with Crippen molar-refractivity contribution in [3.63, 3.8) is 0 Å². The molecule has 160 valence electrons. The largest absolute Gasteiger partial charge is 0.356 e. The highest BCUT2D eigenvalue weighted by Crippen LogP contribution is 2.27. The van der Waals surface area contributed by atoms with Crippen LogP contribution >= 0.6 is 11.3 Å². The number of nitrogens with one attached hydrogen (secondary N) is 1. The van der Waals surface area contributed by atoms with E-state index in [2.05, 4.69) is 12.2 Å². The Kier molecular flexibility index (Phi) is 9.34. The summed E-state index contributed by atoms with van der Waals surface area (Å²) in [5, 5.41) is 3.84. The van der Waals surface area contributed by atoms with Gasteiger partial charge in [-0.2, -0.15) is 0 Å². The number of carbonyl (C=O) groups excluding carboxylic acids is 3. The predicted molar refractivity (Wildman–Crippen MR) is 117 cm³/mol. The van der Waals surface area contributed by atoms with E-state index in [1.54, 1.807) is 27.2 Å². The lowest BCUT2D eigenvalue weighted by Crippen LogP contribution is -2.51. The molecule has 0 unspecified atom stereocenters. The van der Waals surface area contributed by atoms with Crippen molar-refractivity contribution >= 4 is 34.1 Å². The van der Waals surface area contributed by atoms with Gasteiger partial charge in [-0.3, -0.25) is 14.4 Å². The second-order valence-electron chi connectivity index (χ2n) is 7.41. The normalized spacial score (nSPS) is 14.8. The van der Waals surface area contributed by atoms with E-state index >= 15 is 0 Å². The molecule has 0 spiro atoms. The highest BCUT2D eigenvalue weighted by molar-refractivity contribution is 7.16. The number of likely N-dealkylation sites (N-methyl/N-ethyl adjacent to an activating group) is 1. The third-order valence-corrected chi connectivity index (χ3v) is 5.80. The fraction of sp³-hybridized carbons (Fsp3) is 0.571. The first kappa shape index (κ1) is 23.1. The third kappa shape index (κ3) is 7.62. The summed E-state index contributed by atoms with van der Waals surface area (Å²) in [6, 6.07) is 3.96. The molecule has 1 aromatic rings. The van der Waals surface area contributed by atoms with Gasteiger partial charge in [0.05, 0.1) is 5.00 Å². The van der Waals surface area contributed by atoms with Crippen LogP contribution in [-0.4, -0.2) is 74.3 Å². The Morgan fingerprint density at radius 2 is 2.07 bits per heavy atom. The molecule has 3 amide bonds. The van der Waals surface area contributed by atoms with E-state index in [0.29, 0.717) is 32.6 Å². The van der Waals surface area contributed by atoms with Crippen LogP contribution in [0.1, 0.15) is 31.1 Å². The number of nitrogens with zero attached hydrogens (tertiary/aromatic N) is 3. The van der Waals surface area contributed by atoms with Crippen molar-refractivity contribution in [2.45, 2.75) is 32.6 Å². The summed E-state index contributed by atoms with van der Waals surface area (Å²) >= 11 is 1.57. The molecular formula is C21H32N4O3S. The van der Waals surface area contributed by atoms with Crippen LogP contribution in [0, 0.1) is 0 Å². The molecule has 1 N–H and O–H groups in total. The Hall–Kier alpha value is -2.19. The SMILES string of the molecule is CCCCC(=O)NCCc1ccc(N2CCN(C(=O)C=CCN(C)C)CC2=O)s1. The van der Waals surface area contributed by atoms with Gasteiger partial charge >= 0.3 is 0 Å². The molecule has 0 saturated carbocycles. The van der Waals surface area contributed by atoms with Crippen molar-refractivity contribution in [3.05, 3.63) is 29.2 Å². The summed E-state index contributed by atoms with van der Waals surface area (Å²) < 4.78 is 0. The number of rotatable bonds is 10. The maximum Gasteiger partial charge on any atom is 0.247 e. The zero-order chi connectivity index (χ0) is 21.2. The van der Waals surface area contributed by atoms with E-state index in [9.17, 15) is 14.4 Å². The van der Waals surface area contributed by atoms with E-state index in [4.69, 9.17) is 0 Å². The van der Waals surface area contributed by atoms with Gasteiger partial charge in [0.15, 0.2) is 0 Å². The summed E-state index contributed by atoms with van der Waals surface area (Å²) in [5.41, 5.74) is 0. The van der Waals surface area contributed by atoms with Crippen molar-refractivity contribution in [2.75, 3.05) is 51.7 Å². The number of hydrogen-bond donors (Lipinski definition) is 1. The minimum absolute atomic E-state index is 0.0631. The van der Waals surface area contributed by atoms with Gasteiger partial charge in [0.1, 0.15) is 6.54 Å². The number of piperazine rings is 1. The second-order valence-corrected chi connectivity index (χ2v) is 8.56. The predicted octanol–water partition coefficient (Wildman–Crippen LogP) is 1.89. The minimum Gasteiger partial charge on any atom is -0.356 e.